The van der Waals surface area contributed by atoms with Crippen LogP contribution in [0.3, 0.4) is 0 Å². The summed E-state index contributed by atoms with van der Waals surface area (Å²) in [5.41, 5.74) is 0.806. The highest BCUT2D eigenvalue weighted by molar-refractivity contribution is 6.35. The lowest BCUT2D eigenvalue weighted by Gasteiger charge is -1.98. The average Bonchev–Trinajstić information content (AvgIpc) is 2.55. The molecule has 0 amide bonds. The lowest BCUT2D eigenvalue weighted by molar-refractivity contribution is 0.111. The molecule has 2 aromatic rings. The summed E-state index contributed by atoms with van der Waals surface area (Å²) in [7, 11) is 1.58. The Morgan fingerprint density at radius 1 is 1.44 bits per heavy atom. The number of rotatable bonds is 2. The molecule has 0 spiro atoms. The van der Waals surface area contributed by atoms with E-state index in [1.807, 2.05) is 0 Å². The molecule has 0 radical (unpaired) electrons. The van der Waals surface area contributed by atoms with Gasteiger partial charge in [0.1, 0.15) is 17.2 Å². The molecule has 0 bridgehead atoms. The maximum atomic E-state index is 13.5. The van der Waals surface area contributed by atoms with Crippen molar-refractivity contribution in [2.75, 3.05) is 0 Å². The van der Waals surface area contributed by atoms with Crippen LogP contribution >= 0.6 is 11.6 Å². The van der Waals surface area contributed by atoms with Gasteiger partial charge >= 0.3 is 0 Å². The number of aryl methyl sites for hydroxylation is 1. The molecule has 0 N–H and O–H groups in total. The number of benzene rings is 1. The zero-order chi connectivity index (χ0) is 11.7. The molecule has 0 saturated heterocycles. The second kappa shape index (κ2) is 4.06. The summed E-state index contributed by atoms with van der Waals surface area (Å²) in [6.07, 6.45) is 0.597. The van der Waals surface area contributed by atoms with Crippen LogP contribution in [-0.4, -0.2) is 16.1 Å². The van der Waals surface area contributed by atoms with Crippen LogP contribution in [0.1, 0.15) is 10.5 Å². The first-order chi connectivity index (χ1) is 7.65. The number of aldehydes is 1. The quantitative estimate of drug-likeness (QED) is 0.754. The number of hydrogen-bond acceptors (Lipinski definition) is 2. The van der Waals surface area contributed by atoms with Gasteiger partial charge in [0, 0.05) is 12.6 Å². The van der Waals surface area contributed by atoms with Crippen LogP contribution in [-0.2, 0) is 7.05 Å². The molecule has 5 heteroatoms. The van der Waals surface area contributed by atoms with Gasteiger partial charge in [0.05, 0.1) is 5.02 Å². The molecular weight excluding hydrogens is 231 g/mol. The second-order valence-electron chi connectivity index (χ2n) is 3.27. The molecule has 0 unspecified atom stereocenters. The van der Waals surface area contributed by atoms with Gasteiger partial charge in [-0.25, -0.2) is 4.39 Å². The van der Waals surface area contributed by atoms with Crippen molar-refractivity contribution in [2.45, 2.75) is 0 Å². The third kappa shape index (κ3) is 1.61. The molecule has 16 heavy (non-hydrogen) atoms. The number of halogens is 2. The van der Waals surface area contributed by atoms with Crippen LogP contribution in [0.15, 0.2) is 24.3 Å². The molecule has 0 aliphatic heterocycles. The normalized spacial score (nSPS) is 10.4. The maximum absolute atomic E-state index is 13.5. The van der Waals surface area contributed by atoms with Gasteiger partial charge in [0.25, 0.3) is 0 Å². The summed E-state index contributed by atoms with van der Waals surface area (Å²) in [6, 6.07) is 6.15. The van der Waals surface area contributed by atoms with Crippen LogP contribution in [0, 0.1) is 5.82 Å². The lowest BCUT2D eigenvalue weighted by atomic mass is 10.1. The molecule has 1 heterocycles. The Hall–Kier alpha value is -1.68. The van der Waals surface area contributed by atoms with Gasteiger partial charge in [-0.1, -0.05) is 23.7 Å². The molecule has 0 aliphatic rings. The molecule has 1 aromatic carbocycles. The van der Waals surface area contributed by atoms with Crippen molar-refractivity contribution < 1.29 is 9.18 Å². The summed E-state index contributed by atoms with van der Waals surface area (Å²) in [5.74, 6) is -0.417. The molecule has 0 atom stereocenters. The number of carbonyl (C=O) groups is 1. The van der Waals surface area contributed by atoms with E-state index in [9.17, 15) is 9.18 Å². The highest BCUT2D eigenvalue weighted by Gasteiger charge is 2.17. The van der Waals surface area contributed by atoms with Gasteiger partial charge in [-0.15, -0.1) is 0 Å². The van der Waals surface area contributed by atoms with Crippen LogP contribution in [0.4, 0.5) is 4.39 Å². The third-order valence-electron chi connectivity index (χ3n) is 2.27. The van der Waals surface area contributed by atoms with Gasteiger partial charge in [0.2, 0.25) is 0 Å². The fourth-order valence-electron chi connectivity index (χ4n) is 1.46. The summed E-state index contributed by atoms with van der Waals surface area (Å²) in [4.78, 5) is 10.7. The molecular formula is C11H8ClFN2O. The summed E-state index contributed by atoms with van der Waals surface area (Å²) < 4.78 is 14.8. The van der Waals surface area contributed by atoms with Gasteiger partial charge < -0.3 is 0 Å². The Balaban J connectivity index is 2.66. The standard InChI is InChI=1S/C11H8ClFN2O/c1-15-9(6-16)10(12)11(14-15)7-4-2-3-5-8(7)13/h2-6H,1H3. The first-order valence-electron chi connectivity index (χ1n) is 4.57. The summed E-state index contributed by atoms with van der Waals surface area (Å²) in [6.45, 7) is 0. The summed E-state index contributed by atoms with van der Waals surface area (Å²) >= 11 is 5.95. The van der Waals surface area contributed by atoms with E-state index in [-0.39, 0.29) is 22.0 Å². The lowest BCUT2D eigenvalue weighted by Crippen LogP contribution is -1.96. The predicted octanol–water partition coefficient (Wildman–Crippen LogP) is 2.69. The predicted molar refractivity (Wildman–Crippen MR) is 59.0 cm³/mol. The largest absolute Gasteiger partial charge is 0.296 e. The second-order valence-corrected chi connectivity index (χ2v) is 3.65. The van der Waals surface area contributed by atoms with E-state index in [1.54, 1.807) is 25.2 Å². The van der Waals surface area contributed by atoms with E-state index < -0.39 is 5.82 Å². The molecule has 0 aliphatic carbocycles. The van der Waals surface area contributed by atoms with Crippen LogP contribution < -0.4 is 0 Å². The zero-order valence-electron chi connectivity index (χ0n) is 8.45. The Morgan fingerprint density at radius 3 is 2.69 bits per heavy atom. The highest BCUT2D eigenvalue weighted by atomic mass is 35.5. The Labute approximate surface area is 96.5 Å². The molecule has 0 saturated carbocycles. The van der Waals surface area contributed by atoms with Gasteiger partial charge in [-0.2, -0.15) is 5.10 Å². The van der Waals surface area contributed by atoms with E-state index in [1.165, 1.54) is 10.7 Å². The molecule has 1 aromatic heterocycles. The fraction of sp³-hybridized carbons (Fsp3) is 0.0909. The molecule has 0 fully saturated rings. The maximum Gasteiger partial charge on any atom is 0.169 e. The first-order valence-corrected chi connectivity index (χ1v) is 4.95. The van der Waals surface area contributed by atoms with E-state index >= 15 is 0 Å². The smallest absolute Gasteiger partial charge is 0.169 e. The summed E-state index contributed by atoms with van der Waals surface area (Å²) in [5, 5.41) is 4.19. The van der Waals surface area contributed by atoms with Crippen LogP contribution in [0.5, 0.6) is 0 Å². The number of nitrogens with zero attached hydrogens (tertiary/aromatic N) is 2. The van der Waals surface area contributed by atoms with Gasteiger partial charge in [-0.05, 0) is 12.1 Å². The minimum absolute atomic E-state index is 0.169. The molecule has 2 rings (SSSR count). The first kappa shape index (κ1) is 10.8. The number of hydrogen-bond donors (Lipinski definition) is 0. The minimum atomic E-state index is -0.417. The van der Waals surface area contributed by atoms with E-state index in [0.29, 0.717) is 6.29 Å². The van der Waals surface area contributed by atoms with Crippen molar-refractivity contribution in [1.29, 1.82) is 0 Å². The minimum Gasteiger partial charge on any atom is -0.296 e. The third-order valence-corrected chi connectivity index (χ3v) is 2.64. The highest BCUT2D eigenvalue weighted by Crippen LogP contribution is 2.30. The van der Waals surface area contributed by atoms with Crippen molar-refractivity contribution in [2.24, 2.45) is 7.05 Å². The van der Waals surface area contributed by atoms with E-state index in [2.05, 4.69) is 5.10 Å². The van der Waals surface area contributed by atoms with Crippen molar-refractivity contribution in [3.63, 3.8) is 0 Å². The Morgan fingerprint density at radius 2 is 2.12 bits per heavy atom. The van der Waals surface area contributed by atoms with Crippen molar-refractivity contribution in [3.05, 3.63) is 40.8 Å². The average molecular weight is 239 g/mol. The van der Waals surface area contributed by atoms with Crippen LogP contribution in [0.2, 0.25) is 5.02 Å². The van der Waals surface area contributed by atoms with Crippen LogP contribution in [0.25, 0.3) is 11.3 Å². The Bertz CT molecular complexity index is 551. The monoisotopic (exact) mass is 238 g/mol. The van der Waals surface area contributed by atoms with Gasteiger partial charge in [0.15, 0.2) is 6.29 Å². The zero-order valence-corrected chi connectivity index (χ0v) is 9.20. The molecule has 3 nitrogen and oxygen atoms in total. The number of aromatic nitrogens is 2. The van der Waals surface area contributed by atoms with Crippen molar-refractivity contribution in [3.8, 4) is 11.3 Å². The molecule has 82 valence electrons. The van der Waals surface area contributed by atoms with E-state index in [0.717, 1.165) is 0 Å². The van der Waals surface area contributed by atoms with Crippen molar-refractivity contribution >= 4 is 17.9 Å². The van der Waals surface area contributed by atoms with Crippen molar-refractivity contribution in [1.82, 2.24) is 9.78 Å². The van der Waals surface area contributed by atoms with E-state index in [4.69, 9.17) is 11.6 Å². The fourth-order valence-corrected chi connectivity index (χ4v) is 1.77. The Kier molecular flexibility index (Phi) is 2.75. The SMILES string of the molecule is Cn1nc(-c2ccccc2F)c(Cl)c1C=O. The topological polar surface area (TPSA) is 34.9 Å². The number of carbonyl (C=O) groups excluding carboxylic acids is 1. The van der Waals surface area contributed by atoms with Gasteiger partial charge in [-0.3, -0.25) is 9.48 Å².